The van der Waals surface area contributed by atoms with E-state index in [2.05, 4.69) is 4.98 Å². The average Bonchev–Trinajstić information content (AvgIpc) is 1.88. The Kier molecular flexibility index (Phi) is 2.85. The molecule has 1 aromatic heterocycles. The van der Waals surface area contributed by atoms with E-state index in [0.717, 1.165) is 9.13 Å². The summed E-state index contributed by atoms with van der Waals surface area (Å²) in [5.74, 6) is -0.0794. The normalized spacial score (nSPS) is 9.90. The Morgan fingerprint density at radius 3 is 2.90 bits per heavy atom. The SMILES string of the molecule is Fc1cc(I)c(CCl)cn1. The minimum Gasteiger partial charge on any atom is -0.228 e. The van der Waals surface area contributed by atoms with E-state index < -0.39 is 5.95 Å². The first-order valence-corrected chi connectivity index (χ1v) is 4.21. The summed E-state index contributed by atoms with van der Waals surface area (Å²) >= 11 is 7.54. The molecule has 0 aliphatic heterocycles. The van der Waals surface area contributed by atoms with Crippen LogP contribution in [0.5, 0.6) is 0 Å². The second-order valence-corrected chi connectivity index (χ2v) is 3.16. The van der Waals surface area contributed by atoms with Gasteiger partial charge in [-0.2, -0.15) is 4.39 Å². The summed E-state index contributed by atoms with van der Waals surface area (Å²) < 4.78 is 13.1. The number of alkyl halides is 1. The quantitative estimate of drug-likeness (QED) is 0.435. The van der Waals surface area contributed by atoms with Gasteiger partial charge in [0.15, 0.2) is 0 Å². The van der Waals surface area contributed by atoms with E-state index in [1.54, 1.807) is 0 Å². The molecule has 1 nitrogen and oxygen atoms in total. The van der Waals surface area contributed by atoms with Gasteiger partial charge in [-0.15, -0.1) is 11.6 Å². The van der Waals surface area contributed by atoms with Crippen LogP contribution in [0.3, 0.4) is 0 Å². The Hall–Kier alpha value is 0.1000. The van der Waals surface area contributed by atoms with Crippen molar-refractivity contribution in [2.24, 2.45) is 0 Å². The van der Waals surface area contributed by atoms with Crippen LogP contribution in [0.4, 0.5) is 4.39 Å². The van der Waals surface area contributed by atoms with Crippen LogP contribution in [0, 0.1) is 9.52 Å². The number of hydrogen-bond donors (Lipinski definition) is 0. The molecule has 0 amide bonds. The van der Waals surface area contributed by atoms with Crippen LogP contribution in [-0.2, 0) is 5.88 Å². The van der Waals surface area contributed by atoms with Gasteiger partial charge in [0, 0.05) is 21.7 Å². The average molecular weight is 271 g/mol. The predicted octanol–water partition coefficient (Wildman–Crippen LogP) is 2.56. The van der Waals surface area contributed by atoms with Crippen molar-refractivity contribution >= 4 is 34.2 Å². The standard InChI is InChI=1S/C6H4ClFIN/c7-2-4-3-10-6(8)1-5(4)9/h1,3H,2H2. The van der Waals surface area contributed by atoms with E-state index in [1.165, 1.54) is 12.3 Å². The Labute approximate surface area is 76.7 Å². The van der Waals surface area contributed by atoms with Crippen molar-refractivity contribution in [1.82, 2.24) is 4.98 Å². The summed E-state index contributed by atoms with van der Waals surface area (Å²) in [6, 6.07) is 1.36. The first-order valence-electron chi connectivity index (χ1n) is 2.60. The molecule has 0 unspecified atom stereocenters. The molecule has 1 heterocycles. The second kappa shape index (κ2) is 3.48. The predicted molar refractivity (Wildman–Crippen MR) is 46.5 cm³/mol. The fourth-order valence-corrected chi connectivity index (χ4v) is 1.56. The molecule has 54 valence electrons. The molecule has 0 bridgehead atoms. The molecule has 0 fully saturated rings. The van der Waals surface area contributed by atoms with Crippen molar-refractivity contribution in [3.05, 3.63) is 27.3 Å². The molecule has 1 aromatic rings. The summed E-state index contributed by atoms with van der Waals surface area (Å²) in [5, 5.41) is 0. The molecule has 1 rings (SSSR count). The van der Waals surface area contributed by atoms with Gasteiger partial charge in [0.1, 0.15) is 0 Å². The van der Waals surface area contributed by atoms with Gasteiger partial charge in [-0.1, -0.05) is 0 Å². The zero-order valence-corrected chi connectivity index (χ0v) is 7.86. The monoisotopic (exact) mass is 271 g/mol. The van der Waals surface area contributed by atoms with E-state index >= 15 is 0 Å². The van der Waals surface area contributed by atoms with Gasteiger partial charge in [0.25, 0.3) is 0 Å². The lowest BCUT2D eigenvalue weighted by atomic mass is 10.3. The van der Waals surface area contributed by atoms with Crippen LogP contribution in [0.1, 0.15) is 5.56 Å². The third kappa shape index (κ3) is 1.79. The third-order valence-corrected chi connectivity index (χ3v) is 2.33. The molecule has 0 aliphatic rings. The molecule has 0 spiro atoms. The summed E-state index contributed by atoms with van der Waals surface area (Å²) in [4.78, 5) is 3.45. The maximum atomic E-state index is 12.3. The zero-order valence-electron chi connectivity index (χ0n) is 4.94. The van der Waals surface area contributed by atoms with Crippen LogP contribution >= 0.6 is 34.2 Å². The van der Waals surface area contributed by atoms with Gasteiger partial charge >= 0.3 is 0 Å². The number of aromatic nitrogens is 1. The van der Waals surface area contributed by atoms with E-state index in [4.69, 9.17) is 11.6 Å². The molecule has 0 radical (unpaired) electrons. The first-order chi connectivity index (χ1) is 4.74. The maximum Gasteiger partial charge on any atom is 0.213 e. The van der Waals surface area contributed by atoms with Crippen molar-refractivity contribution in [3.63, 3.8) is 0 Å². The Bertz CT molecular complexity index is 241. The smallest absolute Gasteiger partial charge is 0.213 e. The van der Waals surface area contributed by atoms with Crippen LogP contribution in [-0.4, -0.2) is 4.98 Å². The number of halogens is 3. The number of rotatable bonds is 1. The highest BCUT2D eigenvalue weighted by atomic mass is 127. The minimum absolute atomic E-state index is 0.381. The highest BCUT2D eigenvalue weighted by Gasteiger charge is 1.99. The lowest BCUT2D eigenvalue weighted by Crippen LogP contribution is -1.89. The molecule has 0 N–H and O–H groups in total. The number of nitrogens with zero attached hydrogens (tertiary/aromatic N) is 1. The van der Waals surface area contributed by atoms with Gasteiger partial charge in [-0.3, -0.25) is 0 Å². The van der Waals surface area contributed by atoms with Gasteiger partial charge in [-0.05, 0) is 28.2 Å². The Morgan fingerprint density at radius 1 is 1.70 bits per heavy atom. The fraction of sp³-hybridized carbons (Fsp3) is 0.167. The molecule has 10 heavy (non-hydrogen) atoms. The topological polar surface area (TPSA) is 12.9 Å². The van der Waals surface area contributed by atoms with Crippen LogP contribution in [0.25, 0.3) is 0 Å². The lowest BCUT2D eigenvalue weighted by Gasteiger charge is -1.96. The van der Waals surface area contributed by atoms with Crippen LogP contribution in [0.2, 0.25) is 0 Å². The maximum absolute atomic E-state index is 12.3. The van der Waals surface area contributed by atoms with Crippen molar-refractivity contribution in [2.45, 2.75) is 5.88 Å². The van der Waals surface area contributed by atoms with E-state index in [9.17, 15) is 4.39 Å². The van der Waals surface area contributed by atoms with Gasteiger partial charge < -0.3 is 0 Å². The van der Waals surface area contributed by atoms with Gasteiger partial charge in [0.05, 0.1) is 0 Å². The largest absolute Gasteiger partial charge is 0.228 e. The van der Waals surface area contributed by atoms with Crippen LogP contribution in [0.15, 0.2) is 12.3 Å². The highest BCUT2D eigenvalue weighted by Crippen LogP contribution is 2.13. The molecule has 0 saturated heterocycles. The van der Waals surface area contributed by atoms with Gasteiger partial charge in [-0.25, -0.2) is 4.98 Å². The zero-order chi connectivity index (χ0) is 7.56. The summed E-state index contributed by atoms with van der Waals surface area (Å²) in [6.45, 7) is 0. The van der Waals surface area contributed by atoms with E-state index in [1.807, 2.05) is 22.6 Å². The van der Waals surface area contributed by atoms with Gasteiger partial charge in [0.2, 0.25) is 5.95 Å². The Morgan fingerprint density at radius 2 is 2.40 bits per heavy atom. The number of pyridine rings is 1. The van der Waals surface area contributed by atoms with Crippen molar-refractivity contribution in [3.8, 4) is 0 Å². The lowest BCUT2D eigenvalue weighted by molar-refractivity contribution is 0.581. The summed E-state index contributed by atoms with van der Waals surface area (Å²) in [6.07, 6.45) is 1.45. The molecule has 0 saturated carbocycles. The highest BCUT2D eigenvalue weighted by molar-refractivity contribution is 14.1. The third-order valence-electron chi connectivity index (χ3n) is 1.04. The van der Waals surface area contributed by atoms with Crippen LogP contribution < -0.4 is 0 Å². The van der Waals surface area contributed by atoms with Crippen molar-refractivity contribution < 1.29 is 4.39 Å². The second-order valence-electron chi connectivity index (χ2n) is 1.73. The number of hydrogen-bond acceptors (Lipinski definition) is 1. The summed E-state index contributed by atoms with van der Waals surface area (Å²) in [5.41, 5.74) is 0.865. The molecule has 4 heteroatoms. The molecular weight excluding hydrogens is 267 g/mol. The molecule has 0 aliphatic carbocycles. The molecular formula is C6H4ClFIN. The minimum atomic E-state index is -0.460. The summed E-state index contributed by atoms with van der Waals surface area (Å²) in [7, 11) is 0. The van der Waals surface area contributed by atoms with Crippen molar-refractivity contribution in [1.29, 1.82) is 0 Å². The van der Waals surface area contributed by atoms with E-state index in [0.29, 0.717) is 5.88 Å². The fourth-order valence-electron chi connectivity index (χ4n) is 0.534. The molecule has 0 atom stereocenters. The van der Waals surface area contributed by atoms with Crippen molar-refractivity contribution in [2.75, 3.05) is 0 Å². The Balaban J connectivity index is 3.07. The van der Waals surface area contributed by atoms with E-state index in [-0.39, 0.29) is 0 Å². The first kappa shape index (κ1) is 8.20. The molecule has 0 aromatic carbocycles.